The Morgan fingerprint density at radius 3 is 2.77 bits per heavy atom. The van der Waals surface area contributed by atoms with E-state index in [9.17, 15) is 4.79 Å². The fourth-order valence-corrected chi connectivity index (χ4v) is 2.72. The zero-order valence-corrected chi connectivity index (χ0v) is 11.6. The van der Waals surface area contributed by atoms with Crippen LogP contribution in [0.1, 0.15) is 15.9 Å². The van der Waals surface area contributed by atoms with Crippen molar-refractivity contribution < 1.29 is 14.3 Å². The van der Waals surface area contributed by atoms with Gasteiger partial charge in [-0.1, -0.05) is 0 Å². The summed E-state index contributed by atoms with van der Waals surface area (Å²) in [6.45, 7) is 0.855. The molecule has 0 saturated heterocycles. The number of nitrogens with zero attached hydrogens (tertiary/aromatic N) is 2. The number of aromatic nitrogens is 2. The van der Waals surface area contributed by atoms with E-state index in [2.05, 4.69) is 10.4 Å². The Hall–Kier alpha value is -3.02. The van der Waals surface area contributed by atoms with E-state index in [1.54, 1.807) is 35.2 Å². The van der Waals surface area contributed by atoms with E-state index in [4.69, 9.17) is 9.52 Å². The first-order valence-electron chi connectivity index (χ1n) is 6.97. The summed E-state index contributed by atoms with van der Waals surface area (Å²) in [6.07, 6.45) is 2.52. The standard InChI is InChI=1S/C16H13N3O3/c20-16(21)10-3-5-11(6-4-10)19-15-12(7-8-17-15)14(18-19)13-2-1-9-22-13/h1-6,9,17H,7-8H2,(H,20,21). The average Bonchev–Trinajstić information content (AvgIpc) is 3.24. The Morgan fingerprint density at radius 2 is 2.09 bits per heavy atom. The van der Waals surface area contributed by atoms with Gasteiger partial charge >= 0.3 is 5.97 Å². The number of aromatic carboxylic acids is 1. The lowest BCUT2D eigenvalue weighted by molar-refractivity contribution is 0.0697. The Balaban J connectivity index is 1.82. The first-order valence-corrected chi connectivity index (χ1v) is 6.97. The summed E-state index contributed by atoms with van der Waals surface area (Å²) in [5.74, 6) is 0.738. The van der Waals surface area contributed by atoms with E-state index in [1.807, 2.05) is 12.1 Å². The molecule has 110 valence electrons. The van der Waals surface area contributed by atoms with Crippen LogP contribution in [0.2, 0.25) is 0 Å². The smallest absolute Gasteiger partial charge is 0.335 e. The number of hydrogen-bond donors (Lipinski definition) is 2. The molecule has 0 radical (unpaired) electrons. The van der Waals surface area contributed by atoms with Crippen LogP contribution in [0, 0.1) is 0 Å². The molecule has 0 spiro atoms. The quantitative estimate of drug-likeness (QED) is 0.776. The van der Waals surface area contributed by atoms with Gasteiger partial charge in [0.15, 0.2) is 5.76 Å². The molecule has 6 heteroatoms. The second-order valence-electron chi connectivity index (χ2n) is 5.09. The maximum Gasteiger partial charge on any atom is 0.335 e. The Morgan fingerprint density at radius 1 is 1.27 bits per heavy atom. The second kappa shape index (κ2) is 4.77. The number of carbonyl (C=O) groups is 1. The van der Waals surface area contributed by atoms with Gasteiger partial charge in [0.1, 0.15) is 11.5 Å². The number of furan rings is 1. The zero-order valence-electron chi connectivity index (χ0n) is 11.6. The molecule has 0 bridgehead atoms. The molecule has 2 aromatic heterocycles. The fourth-order valence-electron chi connectivity index (χ4n) is 2.72. The normalized spacial score (nSPS) is 12.9. The summed E-state index contributed by atoms with van der Waals surface area (Å²) in [5, 5.41) is 16.9. The number of carboxylic acid groups (broad SMARTS) is 1. The molecule has 0 amide bonds. The van der Waals surface area contributed by atoms with Gasteiger partial charge in [-0.25, -0.2) is 9.48 Å². The topological polar surface area (TPSA) is 80.3 Å². The van der Waals surface area contributed by atoms with Crippen molar-refractivity contribution >= 4 is 11.8 Å². The average molecular weight is 295 g/mol. The molecule has 0 aliphatic carbocycles. The van der Waals surface area contributed by atoms with Gasteiger partial charge in [-0.2, -0.15) is 5.10 Å². The van der Waals surface area contributed by atoms with Gasteiger partial charge in [0, 0.05) is 12.1 Å². The molecule has 1 aliphatic rings. The molecule has 0 fully saturated rings. The predicted molar refractivity (Wildman–Crippen MR) is 80.4 cm³/mol. The summed E-state index contributed by atoms with van der Waals surface area (Å²) in [5.41, 5.74) is 3.02. The highest BCUT2D eigenvalue weighted by molar-refractivity contribution is 5.87. The summed E-state index contributed by atoms with van der Waals surface area (Å²) in [6, 6.07) is 10.4. The van der Waals surface area contributed by atoms with Crippen molar-refractivity contribution in [3.05, 3.63) is 53.8 Å². The van der Waals surface area contributed by atoms with Crippen LogP contribution >= 0.6 is 0 Å². The van der Waals surface area contributed by atoms with Gasteiger partial charge in [0.05, 0.1) is 17.5 Å². The first-order chi connectivity index (χ1) is 10.7. The monoisotopic (exact) mass is 295 g/mol. The molecular formula is C16H13N3O3. The highest BCUT2D eigenvalue weighted by atomic mass is 16.4. The minimum atomic E-state index is -0.938. The maximum absolute atomic E-state index is 10.9. The van der Waals surface area contributed by atoms with Gasteiger partial charge in [-0.3, -0.25) is 0 Å². The SMILES string of the molecule is O=C(O)c1ccc(-n2nc(-c3ccco3)c3c2NCC3)cc1. The molecule has 0 atom stereocenters. The van der Waals surface area contributed by atoms with Gasteiger partial charge in [-0.15, -0.1) is 0 Å². The number of benzene rings is 1. The maximum atomic E-state index is 10.9. The van der Waals surface area contributed by atoms with Crippen molar-refractivity contribution in [2.45, 2.75) is 6.42 Å². The van der Waals surface area contributed by atoms with Crippen molar-refractivity contribution in [2.75, 3.05) is 11.9 Å². The number of fused-ring (bicyclic) bond motifs is 1. The van der Waals surface area contributed by atoms with Gasteiger partial charge in [-0.05, 0) is 42.8 Å². The molecule has 3 aromatic rings. The molecule has 2 N–H and O–H groups in total. The van der Waals surface area contributed by atoms with Crippen LogP contribution in [0.3, 0.4) is 0 Å². The second-order valence-corrected chi connectivity index (χ2v) is 5.09. The lowest BCUT2D eigenvalue weighted by atomic mass is 10.1. The number of hydrogen-bond acceptors (Lipinski definition) is 4. The van der Waals surface area contributed by atoms with Crippen molar-refractivity contribution in [3.63, 3.8) is 0 Å². The van der Waals surface area contributed by atoms with E-state index < -0.39 is 5.97 Å². The van der Waals surface area contributed by atoms with E-state index in [0.717, 1.165) is 41.5 Å². The third-order valence-electron chi connectivity index (χ3n) is 3.76. The van der Waals surface area contributed by atoms with E-state index in [1.165, 1.54) is 0 Å². The number of anilines is 1. The van der Waals surface area contributed by atoms with Crippen LogP contribution < -0.4 is 5.32 Å². The third-order valence-corrected chi connectivity index (χ3v) is 3.76. The van der Waals surface area contributed by atoms with Gasteiger partial charge in [0.2, 0.25) is 0 Å². The summed E-state index contributed by atoms with van der Waals surface area (Å²) < 4.78 is 7.26. The minimum Gasteiger partial charge on any atom is -0.478 e. The van der Waals surface area contributed by atoms with Crippen molar-refractivity contribution in [3.8, 4) is 17.1 Å². The molecular weight excluding hydrogens is 282 g/mol. The number of carboxylic acids is 1. The highest BCUT2D eigenvalue weighted by Gasteiger charge is 2.25. The Bertz CT molecular complexity index is 832. The van der Waals surface area contributed by atoms with Crippen LogP contribution in [0.25, 0.3) is 17.1 Å². The van der Waals surface area contributed by atoms with Crippen molar-refractivity contribution in [2.24, 2.45) is 0 Å². The van der Waals surface area contributed by atoms with Crippen molar-refractivity contribution in [1.29, 1.82) is 0 Å². The third kappa shape index (κ3) is 1.88. The van der Waals surface area contributed by atoms with E-state index in [-0.39, 0.29) is 5.56 Å². The van der Waals surface area contributed by atoms with Crippen molar-refractivity contribution in [1.82, 2.24) is 9.78 Å². The van der Waals surface area contributed by atoms with Crippen LogP contribution in [-0.2, 0) is 6.42 Å². The zero-order chi connectivity index (χ0) is 15.1. The van der Waals surface area contributed by atoms with Crippen LogP contribution in [-0.4, -0.2) is 27.4 Å². The Kier molecular flexibility index (Phi) is 2.75. The lowest BCUT2D eigenvalue weighted by Gasteiger charge is -2.06. The molecule has 1 aliphatic heterocycles. The van der Waals surface area contributed by atoms with Crippen LogP contribution in [0.15, 0.2) is 47.1 Å². The molecule has 0 saturated carbocycles. The van der Waals surface area contributed by atoms with E-state index in [0.29, 0.717) is 0 Å². The molecule has 22 heavy (non-hydrogen) atoms. The van der Waals surface area contributed by atoms with Gasteiger partial charge in [0.25, 0.3) is 0 Å². The molecule has 1 aromatic carbocycles. The van der Waals surface area contributed by atoms with Crippen LogP contribution in [0.5, 0.6) is 0 Å². The largest absolute Gasteiger partial charge is 0.478 e. The van der Waals surface area contributed by atoms with Crippen LogP contribution in [0.4, 0.5) is 5.82 Å². The predicted octanol–water partition coefficient (Wildman–Crippen LogP) is 2.80. The Labute approximate surface area is 126 Å². The first kappa shape index (κ1) is 12.7. The molecule has 0 unspecified atom stereocenters. The van der Waals surface area contributed by atoms with E-state index >= 15 is 0 Å². The summed E-state index contributed by atoms with van der Waals surface area (Å²) >= 11 is 0. The summed E-state index contributed by atoms with van der Waals surface area (Å²) in [4.78, 5) is 10.9. The number of nitrogens with one attached hydrogen (secondary N) is 1. The molecule has 6 nitrogen and oxygen atoms in total. The number of rotatable bonds is 3. The highest BCUT2D eigenvalue weighted by Crippen LogP contribution is 2.34. The minimum absolute atomic E-state index is 0.256. The molecule has 4 rings (SSSR count). The fraction of sp³-hybridized carbons (Fsp3) is 0.125. The molecule has 3 heterocycles. The summed E-state index contributed by atoms with van der Waals surface area (Å²) in [7, 11) is 0. The van der Waals surface area contributed by atoms with Gasteiger partial charge < -0.3 is 14.8 Å². The lowest BCUT2D eigenvalue weighted by Crippen LogP contribution is -2.05.